The van der Waals surface area contributed by atoms with E-state index in [1.807, 2.05) is 0 Å². The zero-order chi connectivity index (χ0) is 15.9. The number of piperidine rings is 1. The van der Waals surface area contributed by atoms with Gasteiger partial charge in [-0.2, -0.15) is 0 Å². The Morgan fingerprint density at radius 3 is 2.82 bits per heavy atom. The molecular formula is C15H19N3O4. The average Bonchev–Trinajstić information content (AvgIpc) is 2.45. The number of aromatic nitrogens is 1. The number of hydrogen-bond donors (Lipinski definition) is 1. The van der Waals surface area contributed by atoms with Gasteiger partial charge < -0.3 is 9.88 Å². The molecule has 1 aromatic heterocycles. The fraction of sp³-hybridized carbons (Fsp3) is 0.600. The van der Waals surface area contributed by atoms with Crippen LogP contribution in [0.2, 0.25) is 0 Å². The molecule has 0 unspecified atom stereocenters. The van der Waals surface area contributed by atoms with Crippen molar-refractivity contribution in [1.29, 1.82) is 0 Å². The quantitative estimate of drug-likeness (QED) is 0.667. The smallest absolute Gasteiger partial charge is 0.286 e. The molecule has 22 heavy (non-hydrogen) atoms. The van der Waals surface area contributed by atoms with Crippen LogP contribution in [0.1, 0.15) is 43.0 Å². The van der Waals surface area contributed by atoms with Crippen LogP contribution in [0.25, 0.3) is 0 Å². The molecule has 0 aromatic carbocycles. The summed E-state index contributed by atoms with van der Waals surface area (Å²) in [5.74, 6) is 0.178. The molecule has 1 aliphatic heterocycles. The molecule has 0 radical (unpaired) electrons. The van der Waals surface area contributed by atoms with E-state index in [1.54, 1.807) is 4.90 Å². The number of nitrogens with zero attached hydrogens (tertiary/aromatic N) is 2. The third kappa shape index (κ3) is 2.30. The van der Waals surface area contributed by atoms with Crippen molar-refractivity contribution in [3.8, 4) is 0 Å². The van der Waals surface area contributed by atoms with Crippen LogP contribution in [0, 0.1) is 21.4 Å². The molecule has 2 aliphatic rings. The number of amides is 1. The number of nitro groups is 1. The van der Waals surface area contributed by atoms with E-state index in [-0.39, 0.29) is 16.7 Å². The summed E-state index contributed by atoms with van der Waals surface area (Å²) in [4.78, 5) is 38.7. The molecule has 1 saturated carbocycles. The summed E-state index contributed by atoms with van der Waals surface area (Å²) in [6, 6.07) is 1.08. The lowest BCUT2D eigenvalue weighted by Gasteiger charge is -2.53. The van der Waals surface area contributed by atoms with Gasteiger partial charge in [-0.3, -0.25) is 19.7 Å². The average molecular weight is 305 g/mol. The number of rotatable bonds is 2. The van der Waals surface area contributed by atoms with Gasteiger partial charge in [0.2, 0.25) is 0 Å². The van der Waals surface area contributed by atoms with Crippen LogP contribution < -0.4 is 5.56 Å². The standard InChI is InChI=1S/C15H19N3O4/c1-10-3-6-17(9-15(10)4-2-5-15)14(20)12-7-11(18(21)22)8-16-13(12)19/h7-8,10H,2-6,9H2,1H3,(H,16,19)/t10-/m1/s1. The van der Waals surface area contributed by atoms with Crippen LogP contribution in [0.5, 0.6) is 0 Å². The van der Waals surface area contributed by atoms with Crippen molar-refractivity contribution in [2.24, 2.45) is 11.3 Å². The summed E-state index contributed by atoms with van der Waals surface area (Å²) < 4.78 is 0. The number of carbonyl (C=O) groups is 1. The van der Waals surface area contributed by atoms with Gasteiger partial charge in [0.1, 0.15) is 5.56 Å². The van der Waals surface area contributed by atoms with E-state index in [1.165, 1.54) is 6.42 Å². The van der Waals surface area contributed by atoms with Gasteiger partial charge in [0.05, 0.1) is 11.1 Å². The Labute approximate surface area is 127 Å². The number of pyridine rings is 1. The van der Waals surface area contributed by atoms with Crippen molar-refractivity contribution in [2.75, 3.05) is 13.1 Å². The van der Waals surface area contributed by atoms with Crippen LogP contribution in [0.3, 0.4) is 0 Å². The van der Waals surface area contributed by atoms with E-state index in [0.717, 1.165) is 31.5 Å². The molecule has 1 N–H and O–H groups in total. The molecule has 3 rings (SSSR count). The predicted octanol–water partition coefficient (Wildman–Crippen LogP) is 1.94. The molecule has 1 amide bonds. The second kappa shape index (κ2) is 5.23. The lowest BCUT2D eigenvalue weighted by molar-refractivity contribution is -0.385. The Morgan fingerprint density at radius 1 is 1.50 bits per heavy atom. The Bertz CT molecular complexity index is 678. The van der Waals surface area contributed by atoms with E-state index in [9.17, 15) is 19.7 Å². The summed E-state index contributed by atoms with van der Waals surface area (Å²) in [5.41, 5.74) is -0.803. The lowest BCUT2D eigenvalue weighted by Crippen LogP contribution is -2.53. The molecule has 2 fully saturated rings. The van der Waals surface area contributed by atoms with Gasteiger partial charge in [-0.1, -0.05) is 13.3 Å². The Morgan fingerprint density at radius 2 is 2.23 bits per heavy atom. The van der Waals surface area contributed by atoms with Gasteiger partial charge in [-0.25, -0.2) is 0 Å². The highest BCUT2D eigenvalue weighted by molar-refractivity contribution is 5.94. The first-order chi connectivity index (χ1) is 10.4. The van der Waals surface area contributed by atoms with Crippen LogP contribution in [0.4, 0.5) is 5.69 Å². The highest BCUT2D eigenvalue weighted by Gasteiger charge is 2.46. The first-order valence-corrected chi connectivity index (χ1v) is 7.59. The van der Waals surface area contributed by atoms with Gasteiger partial charge in [-0.15, -0.1) is 0 Å². The predicted molar refractivity (Wildman–Crippen MR) is 79.7 cm³/mol. The Balaban J connectivity index is 1.86. The maximum atomic E-state index is 12.6. The minimum atomic E-state index is -0.613. The largest absolute Gasteiger partial charge is 0.338 e. The summed E-state index contributed by atoms with van der Waals surface area (Å²) >= 11 is 0. The number of aromatic amines is 1. The van der Waals surface area contributed by atoms with Gasteiger partial charge in [0.15, 0.2) is 0 Å². The number of nitrogens with one attached hydrogen (secondary N) is 1. The highest BCUT2D eigenvalue weighted by Crippen LogP contribution is 2.50. The fourth-order valence-corrected chi connectivity index (χ4v) is 3.63. The molecule has 1 aliphatic carbocycles. The van der Waals surface area contributed by atoms with E-state index in [4.69, 9.17) is 0 Å². The van der Waals surface area contributed by atoms with E-state index >= 15 is 0 Å². The molecule has 0 bridgehead atoms. The molecular weight excluding hydrogens is 286 g/mol. The van der Waals surface area contributed by atoms with E-state index in [0.29, 0.717) is 19.0 Å². The topological polar surface area (TPSA) is 96.3 Å². The minimum absolute atomic E-state index is 0.141. The maximum Gasteiger partial charge on any atom is 0.286 e. The molecule has 1 spiro atoms. The van der Waals surface area contributed by atoms with Crippen molar-refractivity contribution in [3.05, 3.63) is 38.3 Å². The summed E-state index contributed by atoms with van der Waals surface area (Å²) in [6.45, 7) is 3.47. The van der Waals surface area contributed by atoms with Crippen molar-refractivity contribution < 1.29 is 9.72 Å². The zero-order valence-electron chi connectivity index (χ0n) is 12.5. The summed E-state index contributed by atoms with van der Waals surface area (Å²) in [7, 11) is 0. The Kier molecular flexibility index (Phi) is 3.50. The van der Waals surface area contributed by atoms with Crippen molar-refractivity contribution in [1.82, 2.24) is 9.88 Å². The van der Waals surface area contributed by atoms with Crippen molar-refractivity contribution >= 4 is 11.6 Å². The SMILES string of the molecule is C[C@@H]1CCN(C(=O)c2cc([N+](=O)[O-])c[nH]c2=O)CC12CCC2. The van der Waals surface area contributed by atoms with E-state index < -0.39 is 16.4 Å². The molecule has 1 atom stereocenters. The summed E-state index contributed by atoms with van der Waals surface area (Å²) in [5, 5.41) is 10.8. The maximum absolute atomic E-state index is 12.6. The number of hydrogen-bond acceptors (Lipinski definition) is 4. The van der Waals surface area contributed by atoms with Crippen LogP contribution in [-0.2, 0) is 0 Å². The van der Waals surface area contributed by atoms with Crippen molar-refractivity contribution in [2.45, 2.75) is 32.6 Å². The van der Waals surface area contributed by atoms with Gasteiger partial charge in [0.25, 0.3) is 17.2 Å². The second-order valence-electron chi connectivity index (χ2n) is 6.49. The van der Waals surface area contributed by atoms with Gasteiger partial charge in [-0.05, 0) is 30.6 Å². The van der Waals surface area contributed by atoms with Crippen molar-refractivity contribution in [3.63, 3.8) is 0 Å². The number of carbonyl (C=O) groups excluding carboxylic acids is 1. The monoisotopic (exact) mass is 305 g/mol. The number of likely N-dealkylation sites (tertiary alicyclic amines) is 1. The molecule has 1 aromatic rings. The molecule has 118 valence electrons. The molecule has 7 nitrogen and oxygen atoms in total. The second-order valence-corrected chi connectivity index (χ2v) is 6.49. The van der Waals surface area contributed by atoms with E-state index in [2.05, 4.69) is 11.9 Å². The third-order valence-corrected chi connectivity index (χ3v) is 5.35. The van der Waals surface area contributed by atoms with Crippen LogP contribution in [-0.4, -0.2) is 33.8 Å². The number of H-pyrrole nitrogens is 1. The highest BCUT2D eigenvalue weighted by atomic mass is 16.6. The first-order valence-electron chi connectivity index (χ1n) is 7.59. The molecule has 1 saturated heterocycles. The van der Waals surface area contributed by atoms with Crippen LogP contribution >= 0.6 is 0 Å². The minimum Gasteiger partial charge on any atom is -0.338 e. The fourth-order valence-electron chi connectivity index (χ4n) is 3.63. The first kappa shape index (κ1) is 14.7. The van der Waals surface area contributed by atoms with Gasteiger partial charge in [0, 0.05) is 19.2 Å². The third-order valence-electron chi connectivity index (χ3n) is 5.35. The van der Waals surface area contributed by atoms with Crippen LogP contribution in [0.15, 0.2) is 17.1 Å². The Hall–Kier alpha value is -2.18. The normalized spacial score (nSPS) is 23.1. The lowest BCUT2D eigenvalue weighted by atomic mass is 9.59. The zero-order valence-corrected chi connectivity index (χ0v) is 12.5. The molecule has 2 heterocycles. The molecule has 7 heteroatoms. The summed E-state index contributed by atoms with van der Waals surface area (Å²) in [6.07, 6.45) is 5.35. The van der Waals surface area contributed by atoms with Gasteiger partial charge >= 0.3 is 0 Å².